The standard InChI is InChI=1S/C33H34F5NO4/c1-4-14-39-31(41)43-15-6-7-17-8-10-18(11-9-17)22-25-23-19(16-21(40)27(35)28(23)36)26(34)29(37)24(25)20-12-13-33(42,5-2)32(20,3)30(22)38/h4,8-11,16,20,22,24,26-30,42H,1,5,12-15H2,2-3H3,(H,39,41)/t20-,22+,24-,26?,27?,28?,29?,30?,32+,33-/m0/s1. The van der Waals surface area contributed by atoms with Gasteiger partial charge in [-0.3, -0.25) is 4.79 Å². The minimum Gasteiger partial charge on any atom is -0.436 e. The van der Waals surface area contributed by atoms with Crippen molar-refractivity contribution in [2.75, 3.05) is 13.2 Å². The summed E-state index contributed by atoms with van der Waals surface area (Å²) in [5, 5.41) is 14.1. The number of carbonyl (C=O) groups is 2. The molecule has 4 aliphatic carbocycles. The van der Waals surface area contributed by atoms with Crippen LogP contribution in [0.1, 0.15) is 50.2 Å². The van der Waals surface area contributed by atoms with Gasteiger partial charge in [-0.1, -0.05) is 43.9 Å². The molecule has 0 aromatic heterocycles. The molecule has 0 spiro atoms. The summed E-state index contributed by atoms with van der Waals surface area (Å²) in [6.45, 7) is 6.75. The van der Waals surface area contributed by atoms with E-state index >= 15 is 17.6 Å². The van der Waals surface area contributed by atoms with Crippen molar-refractivity contribution in [3.05, 3.63) is 70.8 Å². The quantitative estimate of drug-likeness (QED) is 0.256. The number of carbonyl (C=O) groups excluding carboxylic acids is 2. The Morgan fingerprint density at radius 1 is 1.16 bits per heavy atom. The lowest BCUT2D eigenvalue weighted by Crippen LogP contribution is -2.61. The fourth-order valence-corrected chi connectivity index (χ4v) is 7.79. The van der Waals surface area contributed by atoms with Crippen LogP contribution in [-0.2, 0) is 9.53 Å². The number of benzene rings is 1. The molecule has 0 saturated heterocycles. The van der Waals surface area contributed by atoms with E-state index in [1.807, 2.05) is 0 Å². The Morgan fingerprint density at radius 3 is 2.51 bits per heavy atom. The van der Waals surface area contributed by atoms with Crippen molar-refractivity contribution in [1.82, 2.24) is 5.32 Å². The molecular formula is C33H34F5NO4. The van der Waals surface area contributed by atoms with Gasteiger partial charge in [0.05, 0.1) is 5.60 Å². The monoisotopic (exact) mass is 603 g/mol. The third-order valence-corrected chi connectivity index (χ3v) is 10.0. The summed E-state index contributed by atoms with van der Waals surface area (Å²) >= 11 is 0. The van der Waals surface area contributed by atoms with Crippen molar-refractivity contribution >= 4 is 11.9 Å². The second-order valence-electron chi connectivity index (χ2n) is 11.9. The number of ether oxygens (including phenoxy) is 1. The van der Waals surface area contributed by atoms with Gasteiger partial charge in [-0.15, -0.1) is 6.58 Å². The Hall–Kier alpha value is -3.45. The Labute approximate surface area is 247 Å². The van der Waals surface area contributed by atoms with Crippen molar-refractivity contribution in [2.45, 2.75) is 75.5 Å². The fraction of sp³-hybridized carbons (Fsp3) is 0.515. The highest BCUT2D eigenvalue weighted by Gasteiger charge is 2.70. The van der Waals surface area contributed by atoms with Gasteiger partial charge in [0, 0.05) is 29.4 Å². The number of ketones is 1. The highest BCUT2D eigenvalue weighted by atomic mass is 19.2. The van der Waals surface area contributed by atoms with Crippen LogP contribution in [0.15, 0.2) is 59.7 Å². The van der Waals surface area contributed by atoms with Crippen LogP contribution >= 0.6 is 0 Å². The van der Waals surface area contributed by atoms with E-state index in [9.17, 15) is 19.1 Å². The lowest BCUT2D eigenvalue weighted by atomic mass is 9.49. The zero-order valence-electron chi connectivity index (χ0n) is 23.9. The molecular weight excluding hydrogens is 569 g/mol. The average Bonchev–Trinajstić information content (AvgIpc) is 3.27. The first kappa shape index (κ1) is 31.0. The van der Waals surface area contributed by atoms with Gasteiger partial charge in [0.2, 0.25) is 0 Å². The Bertz CT molecular complexity index is 1430. The molecule has 43 heavy (non-hydrogen) atoms. The van der Waals surface area contributed by atoms with Crippen molar-refractivity contribution in [3.8, 4) is 11.8 Å². The topological polar surface area (TPSA) is 75.6 Å². The molecule has 0 heterocycles. The lowest BCUT2D eigenvalue weighted by Gasteiger charge is -2.57. The number of amides is 1. The van der Waals surface area contributed by atoms with Crippen molar-refractivity contribution in [2.24, 2.45) is 17.3 Å². The Kier molecular flexibility index (Phi) is 8.34. The highest BCUT2D eigenvalue weighted by molar-refractivity contribution is 5.98. The minimum atomic E-state index is -2.61. The number of halogens is 5. The molecule has 10 heteroatoms. The zero-order chi connectivity index (χ0) is 31.3. The average molecular weight is 604 g/mol. The van der Waals surface area contributed by atoms with E-state index in [1.54, 1.807) is 26.0 Å². The molecule has 2 N–H and O–H groups in total. The Balaban J connectivity index is 1.59. The summed E-state index contributed by atoms with van der Waals surface area (Å²) in [5.41, 5.74) is -3.41. The molecule has 10 atom stereocenters. The molecule has 4 aliphatic rings. The van der Waals surface area contributed by atoms with Gasteiger partial charge in [-0.25, -0.2) is 26.7 Å². The number of fused-ring (bicyclic) bond motifs is 4. The van der Waals surface area contributed by atoms with Gasteiger partial charge < -0.3 is 15.2 Å². The lowest BCUT2D eigenvalue weighted by molar-refractivity contribution is -0.143. The second-order valence-corrected chi connectivity index (χ2v) is 11.9. The predicted octanol–water partition coefficient (Wildman–Crippen LogP) is 5.73. The van der Waals surface area contributed by atoms with E-state index in [0.29, 0.717) is 17.2 Å². The summed E-state index contributed by atoms with van der Waals surface area (Å²) in [5.74, 6) is 0.653. The van der Waals surface area contributed by atoms with Crippen LogP contribution in [0.4, 0.5) is 26.7 Å². The largest absolute Gasteiger partial charge is 0.436 e. The maximum atomic E-state index is 17.1. The van der Waals surface area contributed by atoms with E-state index in [-0.39, 0.29) is 38.0 Å². The van der Waals surface area contributed by atoms with Crippen LogP contribution in [0.5, 0.6) is 0 Å². The van der Waals surface area contributed by atoms with Crippen LogP contribution in [0.2, 0.25) is 0 Å². The normalized spacial score (nSPS) is 38.1. The van der Waals surface area contributed by atoms with Crippen LogP contribution in [0, 0.1) is 29.1 Å². The fourth-order valence-electron chi connectivity index (χ4n) is 7.79. The Morgan fingerprint density at radius 2 is 1.86 bits per heavy atom. The minimum absolute atomic E-state index is 0.0802. The summed E-state index contributed by atoms with van der Waals surface area (Å²) in [7, 11) is 0. The third kappa shape index (κ3) is 4.80. The predicted molar refractivity (Wildman–Crippen MR) is 150 cm³/mol. The number of rotatable bonds is 5. The van der Waals surface area contributed by atoms with Crippen molar-refractivity contribution in [3.63, 3.8) is 0 Å². The van der Waals surface area contributed by atoms with Crippen molar-refractivity contribution in [1.29, 1.82) is 0 Å². The molecule has 2 saturated carbocycles. The molecule has 0 aliphatic heterocycles. The number of nitrogens with one attached hydrogen (secondary N) is 1. The van der Waals surface area contributed by atoms with Crippen LogP contribution < -0.4 is 5.32 Å². The smallest absolute Gasteiger partial charge is 0.408 e. The van der Waals surface area contributed by atoms with Gasteiger partial charge in [-0.2, -0.15) is 0 Å². The zero-order valence-corrected chi connectivity index (χ0v) is 23.9. The number of alkyl carbamates (subject to hydrolysis) is 1. The molecule has 5 nitrogen and oxygen atoms in total. The van der Waals surface area contributed by atoms with Crippen LogP contribution in [-0.4, -0.2) is 66.6 Å². The summed E-state index contributed by atoms with van der Waals surface area (Å²) in [6.07, 6.45) is -9.76. The molecule has 230 valence electrons. The van der Waals surface area contributed by atoms with E-state index in [0.717, 1.165) is 0 Å². The van der Waals surface area contributed by atoms with Gasteiger partial charge in [0.15, 0.2) is 30.9 Å². The molecule has 0 bridgehead atoms. The number of alkyl halides is 5. The molecule has 1 amide bonds. The maximum Gasteiger partial charge on any atom is 0.408 e. The number of aliphatic hydroxyl groups is 1. The molecule has 5 rings (SSSR count). The van der Waals surface area contributed by atoms with Crippen LogP contribution in [0.25, 0.3) is 0 Å². The first-order valence-corrected chi connectivity index (χ1v) is 14.4. The molecule has 0 radical (unpaired) electrons. The highest BCUT2D eigenvalue weighted by Crippen LogP contribution is 2.68. The van der Waals surface area contributed by atoms with Gasteiger partial charge in [-0.05, 0) is 65.7 Å². The SMILES string of the molecule is C=CCNC(=O)OCC#Cc1ccc([C@@H]2C3=C4C(=CC(=O)C(F)C4F)C(F)C(F)[C@H]3[C@@H]3CC[C@@](O)(CC)[C@@]3(C)C2F)cc1. The van der Waals surface area contributed by atoms with Gasteiger partial charge in [0.1, 0.15) is 12.3 Å². The van der Waals surface area contributed by atoms with Crippen LogP contribution in [0.3, 0.4) is 0 Å². The molecule has 1 aromatic rings. The van der Waals surface area contributed by atoms with Gasteiger partial charge in [0.25, 0.3) is 0 Å². The number of allylic oxidation sites excluding steroid dienone is 4. The molecule has 5 unspecified atom stereocenters. The first-order valence-electron chi connectivity index (χ1n) is 14.4. The second kappa shape index (κ2) is 11.6. The first-order chi connectivity index (χ1) is 20.4. The summed E-state index contributed by atoms with van der Waals surface area (Å²) in [4.78, 5) is 23.6. The van der Waals surface area contributed by atoms with Gasteiger partial charge >= 0.3 is 6.09 Å². The molecule has 2 fully saturated rings. The summed E-state index contributed by atoms with van der Waals surface area (Å²) < 4.78 is 84.2. The van der Waals surface area contributed by atoms with E-state index in [2.05, 4.69) is 23.7 Å². The maximum absolute atomic E-state index is 17.1. The van der Waals surface area contributed by atoms with E-state index in [1.165, 1.54) is 18.2 Å². The third-order valence-electron chi connectivity index (χ3n) is 10.0. The number of hydrogen-bond acceptors (Lipinski definition) is 4. The van der Waals surface area contributed by atoms with Crippen molar-refractivity contribution < 1.29 is 41.4 Å². The van der Waals surface area contributed by atoms with E-state index < -0.39 is 82.7 Å². The number of hydrogen-bond donors (Lipinski definition) is 2. The summed E-state index contributed by atoms with van der Waals surface area (Å²) in [6, 6.07) is 6.17. The molecule has 1 aromatic carbocycles. The van der Waals surface area contributed by atoms with E-state index in [4.69, 9.17) is 4.74 Å².